The largest absolute Gasteiger partial charge is 0.342 e. The first-order valence-electron chi connectivity index (χ1n) is 6.29. The van der Waals surface area contributed by atoms with E-state index in [2.05, 4.69) is 11.6 Å². The summed E-state index contributed by atoms with van der Waals surface area (Å²) in [6.45, 7) is 3.46. The number of carbonyl (C=O) groups is 1. The van der Waals surface area contributed by atoms with Gasteiger partial charge in [0.25, 0.3) is 0 Å². The van der Waals surface area contributed by atoms with Crippen LogP contribution < -0.4 is 5.32 Å². The molecule has 1 saturated carbocycles. The van der Waals surface area contributed by atoms with Crippen LogP contribution in [0, 0.1) is 0 Å². The molecule has 4 heteroatoms. The van der Waals surface area contributed by atoms with Crippen molar-refractivity contribution >= 4 is 17.7 Å². The van der Waals surface area contributed by atoms with Gasteiger partial charge < -0.3 is 10.2 Å². The van der Waals surface area contributed by atoms with Gasteiger partial charge in [-0.15, -0.1) is 0 Å². The highest BCUT2D eigenvalue weighted by atomic mass is 32.2. The molecule has 3 nitrogen and oxygen atoms in total. The number of thioether (sulfide) groups is 1. The topological polar surface area (TPSA) is 32.3 Å². The first-order valence-corrected chi connectivity index (χ1v) is 7.52. The molecule has 2 fully saturated rings. The number of hydrogen-bond acceptors (Lipinski definition) is 3. The molecule has 0 radical (unpaired) electrons. The second kappa shape index (κ2) is 5.41. The third kappa shape index (κ3) is 2.72. The maximum atomic E-state index is 11.8. The van der Waals surface area contributed by atoms with E-state index in [1.54, 1.807) is 0 Å². The van der Waals surface area contributed by atoms with Crippen molar-refractivity contribution in [3.63, 3.8) is 0 Å². The highest BCUT2D eigenvalue weighted by Gasteiger charge is 2.35. The van der Waals surface area contributed by atoms with Crippen LogP contribution in [0.2, 0.25) is 0 Å². The Morgan fingerprint density at radius 3 is 2.50 bits per heavy atom. The predicted octanol–water partition coefficient (Wildman–Crippen LogP) is 1.48. The molecule has 1 aliphatic heterocycles. The summed E-state index contributed by atoms with van der Waals surface area (Å²) in [6.07, 6.45) is 8.50. The van der Waals surface area contributed by atoms with Gasteiger partial charge in [0.2, 0.25) is 5.91 Å². The van der Waals surface area contributed by atoms with Gasteiger partial charge in [0, 0.05) is 24.4 Å². The number of hydrogen-bond donors (Lipinski definition) is 1. The molecule has 2 aliphatic rings. The van der Waals surface area contributed by atoms with Crippen LogP contribution in [0.3, 0.4) is 0 Å². The smallest absolute Gasteiger partial charge is 0.236 e. The van der Waals surface area contributed by atoms with Gasteiger partial charge in [0.05, 0.1) is 6.54 Å². The molecule has 0 unspecified atom stereocenters. The lowest BCUT2D eigenvalue weighted by atomic mass is 9.84. The summed E-state index contributed by atoms with van der Waals surface area (Å²) in [7, 11) is 0. The SMILES string of the molecule is CSC1(CNCC(=O)N2CCCC2)CCC1. The zero-order valence-corrected chi connectivity index (χ0v) is 10.9. The molecule has 0 bridgehead atoms. The van der Waals surface area contributed by atoms with Crippen molar-refractivity contribution in [1.82, 2.24) is 10.2 Å². The molecule has 1 aliphatic carbocycles. The standard InChI is InChI=1S/C12H22N2OS/c1-16-12(5-4-6-12)10-13-9-11(15)14-7-2-3-8-14/h13H,2-10H2,1H3. The Bertz CT molecular complexity index is 242. The minimum Gasteiger partial charge on any atom is -0.342 e. The molecule has 0 atom stereocenters. The molecule has 1 heterocycles. The van der Waals surface area contributed by atoms with Gasteiger partial charge >= 0.3 is 0 Å². The molecule has 0 aromatic rings. The third-order valence-corrected chi connectivity index (χ3v) is 5.30. The third-order valence-electron chi connectivity index (χ3n) is 3.88. The van der Waals surface area contributed by atoms with Gasteiger partial charge in [0.15, 0.2) is 0 Å². The average molecular weight is 242 g/mol. The zero-order valence-electron chi connectivity index (χ0n) is 10.1. The number of nitrogens with zero attached hydrogens (tertiary/aromatic N) is 1. The van der Waals surface area contributed by atoms with Gasteiger partial charge in [-0.2, -0.15) is 11.8 Å². The molecule has 1 amide bonds. The van der Waals surface area contributed by atoms with Crippen LogP contribution >= 0.6 is 11.8 Å². The maximum absolute atomic E-state index is 11.8. The normalized spacial score (nSPS) is 23.2. The van der Waals surface area contributed by atoms with Crippen LogP contribution in [0.25, 0.3) is 0 Å². The molecule has 92 valence electrons. The zero-order chi connectivity index (χ0) is 11.4. The van der Waals surface area contributed by atoms with Gasteiger partial charge in [-0.3, -0.25) is 4.79 Å². The van der Waals surface area contributed by atoms with E-state index in [1.165, 1.54) is 32.1 Å². The second-order valence-electron chi connectivity index (χ2n) is 4.93. The van der Waals surface area contributed by atoms with Gasteiger partial charge in [-0.05, 0) is 31.9 Å². The second-order valence-corrected chi connectivity index (χ2v) is 6.21. The molecular formula is C12H22N2OS. The van der Waals surface area contributed by atoms with E-state index in [9.17, 15) is 4.79 Å². The van der Waals surface area contributed by atoms with Crippen LogP contribution in [0.15, 0.2) is 0 Å². The summed E-state index contributed by atoms with van der Waals surface area (Å²) in [5.74, 6) is 0.285. The number of amides is 1. The molecule has 0 aromatic heterocycles. The van der Waals surface area contributed by atoms with Crippen LogP contribution in [-0.2, 0) is 4.79 Å². The lowest BCUT2D eigenvalue weighted by molar-refractivity contribution is -0.129. The van der Waals surface area contributed by atoms with Crippen LogP contribution in [0.5, 0.6) is 0 Å². The summed E-state index contributed by atoms with van der Waals surface area (Å²) < 4.78 is 0.436. The van der Waals surface area contributed by atoms with Crippen molar-refractivity contribution < 1.29 is 4.79 Å². The molecule has 0 aromatic carbocycles. The summed E-state index contributed by atoms with van der Waals surface area (Å²) in [5, 5.41) is 3.34. The first-order chi connectivity index (χ1) is 7.76. The summed E-state index contributed by atoms with van der Waals surface area (Å²) in [4.78, 5) is 13.8. The summed E-state index contributed by atoms with van der Waals surface area (Å²) >= 11 is 1.96. The Balaban J connectivity index is 1.65. The fraction of sp³-hybridized carbons (Fsp3) is 0.917. The van der Waals surface area contributed by atoms with E-state index in [4.69, 9.17) is 0 Å². The summed E-state index contributed by atoms with van der Waals surface area (Å²) in [6, 6.07) is 0. The number of rotatable bonds is 5. The van der Waals surface area contributed by atoms with E-state index >= 15 is 0 Å². The Morgan fingerprint density at radius 2 is 2.00 bits per heavy atom. The Morgan fingerprint density at radius 1 is 1.31 bits per heavy atom. The van der Waals surface area contributed by atoms with Crippen LogP contribution in [-0.4, -0.2) is 48.0 Å². The first kappa shape index (κ1) is 12.2. The van der Waals surface area contributed by atoms with Crippen molar-refractivity contribution in [2.45, 2.75) is 36.9 Å². The monoisotopic (exact) mass is 242 g/mol. The highest BCUT2D eigenvalue weighted by Crippen LogP contribution is 2.42. The molecule has 2 rings (SSSR count). The van der Waals surface area contributed by atoms with Crippen molar-refractivity contribution in [2.24, 2.45) is 0 Å². The van der Waals surface area contributed by atoms with Crippen molar-refractivity contribution in [3.8, 4) is 0 Å². The minimum absolute atomic E-state index is 0.285. The lowest BCUT2D eigenvalue weighted by Gasteiger charge is -2.40. The number of nitrogens with one attached hydrogen (secondary N) is 1. The van der Waals surface area contributed by atoms with E-state index in [0.717, 1.165) is 19.6 Å². The maximum Gasteiger partial charge on any atom is 0.236 e. The molecule has 16 heavy (non-hydrogen) atoms. The van der Waals surface area contributed by atoms with Crippen LogP contribution in [0.4, 0.5) is 0 Å². The van der Waals surface area contributed by atoms with Crippen molar-refractivity contribution in [1.29, 1.82) is 0 Å². The lowest BCUT2D eigenvalue weighted by Crippen LogP contribution is -2.46. The average Bonchev–Trinajstić information content (AvgIpc) is 2.75. The van der Waals surface area contributed by atoms with E-state index in [0.29, 0.717) is 11.3 Å². The number of likely N-dealkylation sites (tertiary alicyclic amines) is 1. The predicted molar refractivity (Wildman–Crippen MR) is 68.8 cm³/mol. The van der Waals surface area contributed by atoms with Crippen molar-refractivity contribution in [2.75, 3.05) is 32.4 Å². The fourth-order valence-electron chi connectivity index (χ4n) is 2.50. The van der Waals surface area contributed by atoms with E-state index in [-0.39, 0.29) is 5.91 Å². The molecule has 0 spiro atoms. The highest BCUT2D eigenvalue weighted by molar-refractivity contribution is 8.00. The Kier molecular flexibility index (Phi) is 4.14. The number of carbonyl (C=O) groups excluding carboxylic acids is 1. The minimum atomic E-state index is 0.285. The molecule has 1 N–H and O–H groups in total. The van der Waals surface area contributed by atoms with Gasteiger partial charge in [0.1, 0.15) is 0 Å². The quantitative estimate of drug-likeness (QED) is 0.792. The van der Waals surface area contributed by atoms with Crippen LogP contribution in [0.1, 0.15) is 32.1 Å². The molecule has 1 saturated heterocycles. The Labute approximate surface area is 102 Å². The van der Waals surface area contributed by atoms with Gasteiger partial charge in [-0.1, -0.05) is 6.42 Å². The van der Waals surface area contributed by atoms with E-state index < -0.39 is 0 Å². The fourth-order valence-corrected chi connectivity index (χ4v) is 3.44. The van der Waals surface area contributed by atoms with Gasteiger partial charge in [-0.25, -0.2) is 0 Å². The Hall–Kier alpha value is -0.220. The molecular weight excluding hydrogens is 220 g/mol. The summed E-state index contributed by atoms with van der Waals surface area (Å²) in [5.41, 5.74) is 0. The van der Waals surface area contributed by atoms with E-state index in [1.807, 2.05) is 16.7 Å². The van der Waals surface area contributed by atoms with Crippen molar-refractivity contribution in [3.05, 3.63) is 0 Å².